The standard InChI is InChI=1S/C18H24BrN3O3/c1-11(2)22(12(3)4)15(23)10-21-16(24)18(5,20-17(21)25)13-7-6-8-14(19)9-13/h6-9,11-12H,10H2,1-5H3,(H,20,25)/t18-/m0/s1. The topological polar surface area (TPSA) is 69.7 Å². The van der Waals surface area contributed by atoms with Crippen LogP contribution >= 0.6 is 15.9 Å². The summed E-state index contributed by atoms with van der Waals surface area (Å²) in [5.41, 5.74) is -0.512. The van der Waals surface area contributed by atoms with Gasteiger partial charge in [-0.25, -0.2) is 4.79 Å². The summed E-state index contributed by atoms with van der Waals surface area (Å²) in [5.74, 6) is -0.664. The van der Waals surface area contributed by atoms with Crippen LogP contribution in [-0.2, 0) is 15.1 Å². The number of carbonyl (C=O) groups is 3. The van der Waals surface area contributed by atoms with Crippen molar-refractivity contribution in [2.45, 2.75) is 52.2 Å². The number of imide groups is 1. The summed E-state index contributed by atoms with van der Waals surface area (Å²) in [6, 6.07) is 6.65. The predicted molar refractivity (Wildman–Crippen MR) is 98.9 cm³/mol. The Morgan fingerprint density at radius 1 is 1.24 bits per heavy atom. The van der Waals surface area contributed by atoms with Crippen molar-refractivity contribution in [2.75, 3.05) is 6.54 Å². The molecular formula is C18H24BrN3O3. The van der Waals surface area contributed by atoms with Crippen LogP contribution in [0.25, 0.3) is 0 Å². The molecule has 6 nitrogen and oxygen atoms in total. The highest BCUT2D eigenvalue weighted by Gasteiger charge is 2.49. The SMILES string of the molecule is CC(C)N(C(=O)CN1C(=O)N[C@@](C)(c2cccc(Br)c2)C1=O)C(C)C. The summed E-state index contributed by atoms with van der Waals surface area (Å²) in [4.78, 5) is 40.6. The summed E-state index contributed by atoms with van der Waals surface area (Å²) in [6.45, 7) is 9.04. The number of amides is 4. The molecule has 25 heavy (non-hydrogen) atoms. The number of halogens is 1. The van der Waals surface area contributed by atoms with Crippen LogP contribution in [-0.4, -0.2) is 46.3 Å². The van der Waals surface area contributed by atoms with Crippen LogP contribution in [0.2, 0.25) is 0 Å². The van der Waals surface area contributed by atoms with Crippen LogP contribution in [0.3, 0.4) is 0 Å². The van der Waals surface area contributed by atoms with Gasteiger partial charge in [0.2, 0.25) is 5.91 Å². The van der Waals surface area contributed by atoms with Gasteiger partial charge >= 0.3 is 6.03 Å². The quantitative estimate of drug-likeness (QED) is 0.759. The zero-order chi connectivity index (χ0) is 18.9. The maximum Gasteiger partial charge on any atom is 0.325 e. The van der Waals surface area contributed by atoms with Crippen LogP contribution in [0.5, 0.6) is 0 Å². The van der Waals surface area contributed by atoms with Crippen molar-refractivity contribution in [3.8, 4) is 0 Å². The molecule has 0 spiro atoms. The molecule has 1 fully saturated rings. The molecule has 1 aliphatic heterocycles. The Morgan fingerprint density at radius 2 is 1.84 bits per heavy atom. The van der Waals surface area contributed by atoms with E-state index in [-0.39, 0.29) is 24.5 Å². The molecular weight excluding hydrogens is 386 g/mol. The number of urea groups is 1. The van der Waals surface area contributed by atoms with Crippen molar-refractivity contribution in [2.24, 2.45) is 0 Å². The van der Waals surface area contributed by atoms with Crippen molar-refractivity contribution in [3.63, 3.8) is 0 Å². The molecule has 2 rings (SSSR count). The van der Waals surface area contributed by atoms with Crippen LogP contribution in [0.4, 0.5) is 4.79 Å². The van der Waals surface area contributed by atoms with E-state index in [0.29, 0.717) is 5.56 Å². The largest absolute Gasteiger partial charge is 0.336 e. The highest BCUT2D eigenvalue weighted by Crippen LogP contribution is 2.30. The third kappa shape index (κ3) is 3.71. The second kappa shape index (κ2) is 7.15. The van der Waals surface area contributed by atoms with Crippen molar-refractivity contribution in [3.05, 3.63) is 34.3 Å². The first-order chi connectivity index (χ1) is 11.6. The number of hydrogen-bond acceptors (Lipinski definition) is 3. The van der Waals surface area contributed by atoms with E-state index >= 15 is 0 Å². The van der Waals surface area contributed by atoms with Crippen LogP contribution in [0, 0.1) is 0 Å². The van der Waals surface area contributed by atoms with E-state index < -0.39 is 17.5 Å². The first-order valence-corrected chi connectivity index (χ1v) is 9.08. The average molecular weight is 410 g/mol. The van der Waals surface area contributed by atoms with E-state index in [9.17, 15) is 14.4 Å². The molecule has 1 N–H and O–H groups in total. The normalized spacial score (nSPS) is 20.4. The number of carbonyl (C=O) groups excluding carboxylic acids is 3. The second-order valence-corrected chi connectivity index (χ2v) is 7.86. The maximum atomic E-state index is 12.9. The maximum absolute atomic E-state index is 12.9. The number of hydrogen-bond donors (Lipinski definition) is 1. The summed E-state index contributed by atoms with van der Waals surface area (Å²) in [7, 11) is 0. The van der Waals surface area contributed by atoms with Gasteiger partial charge in [-0.3, -0.25) is 14.5 Å². The lowest BCUT2D eigenvalue weighted by Crippen LogP contribution is -2.49. The van der Waals surface area contributed by atoms with Gasteiger partial charge < -0.3 is 10.2 Å². The average Bonchev–Trinajstić information content (AvgIpc) is 2.71. The number of benzene rings is 1. The van der Waals surface area contributed by atoms with Crippen LogP contribution < -0.4 is 5.32 Å². The first kappa shape index (κ1) is 19.4. The fourth-order valence-corrected chi connectivity index (χ4v) is 3.62. The van der Waals surface area contributed by atoms with Crippen molar-refractivity contribution < 1.29 is 14.4 Å². The Hall–Kier alpha value is -1.89. The molecule has 1 aromatic rings. The molecule has 136 valence electrons. The fourth-order valence-electron chi connectivity index (χ4n) is 3.22. The van der Waals surface area contributed by atoms with Gasteiger partial charge in [-0.1, -0.05) is 28.1 Å². The summed E-state index contributed by atoms with van der Waals surface area (Å²) < 4.78 is 0.814. The van der Waals surface area contributed by atoms with E-state index in [2.05, 4.69) is 21.2 Å². The molecule has 1 aromatic carbocycles. The third-order valence-electron chi connectivity index (χ3n) is 4.37. The predicted octanol–water partition coefficient (Wildman–Crippen LogP) is 2.86. The fraction of sp³-hybridized carbons (Fsp3) is 0.500. The Balaban J connectivity index is 2.25. The molecule has 1 atom stereocenters. The molecule has 1 heterocycles. The van der Waals surface area contributed by atoms with Crippen LogP contribution in [0.1, 0.15) is 40.2 Å². The number of nitrogens with one attached hydrogen (secondary N) is 1. The zero-order valence-electron chi connectivity index (χ0n) is 15.2. The van der Waals surface area contributed by atoms with Gasteiger partial charge in [0, 0.05) is 16.6 Å². The molecule has 0 saturated carbocycles. The molecule has 1 aliphatic rings. The van der Waals surface area contributed by atoms with E-state index in [1.54, 1.807) is 30.0 Å². The van der Waals surface area contributed by atoms with Crippen molar-refractivity contribution >= 4 is 33.8 Å². The summed E-state index contributed by atoms with van der Waals surface area (Å²) in [5, 5.41) is 2.72. The number of nitrogens with zero attached hydrogens (tertiary/aromatic N) is 2. The third-order valence-corrected chi connectivity index (χ3v) is 4.86. The Bertz CT molecular complexity index is 697. The lowest BCUT2D eigenvalue weighted by molar-refractivity contribution is -0.141. The van der Waals surface area contributed by atoms with Gasteiger partial charge in [-0.2, -0.15) is 0 Å². The monoisotopic (exact) mass is 409 g/mol. The Labute approximate surface area is 156 Å². The van der Waals surface area contributed by atoms with Gasteiger partial charge in [0.05, 0.1) is 0 Å². The Kier molecular flexibility index (Phi) is 5.56. The van der Waals surface area contributed by atoms with Gasteiger partial charge in [-0.15, -0.1) is 0 Å². The molecule has 0 bridgehead atoms. The smallest absolute Gasteiger partial charge is 0.325 e. The van der Waals surface area contributed by atoms with Crippen molar-refractivity contribution in [1.29, 1.82) is 0 Å². The van der Waals surface area contributed by atoms with E-state index in [0.717, 1.165) is 9.37 Å². The Morgan fingerprint density at radius 3 is 2.36 bits per heavy atom. The van der Waals surface area contributed by atoms with Crippen LogP contribution in [0.15, 0.2) is 28.7 Å². The lowest BCUT2D eigenvalue weighted by atomic mass is 9.92. The molecule has 0 unspecified atom stereocenters. The first-order valence-electron chi connectivity index (χ1n) is 8.29. The van der Waals surface area contributed by atoms with E-state index in [1.807, 2.05) is 33.8 Å². The molecule has 0 radical (unpaired) electrons. The van der Waals surface area contributed by atoms with Gasteiger partial charge in [0.1, 0.15) is 12.1 Å². The van der Waals surface area contributed by atoms with Gasteiger partial charge in [0.15, 0.2) is 0 Å². The van der Waals surface area contributed by atoms with E-state index in [1.165, 1.54) is 0 Å². The second-order valence-electron chi connectivity index (χ2n) is 6.95. The minimum absolute atomic E-state index is 0.00951. The lowest BCUT2D eigenvalue weighted by Gasteiger charge is -2.32. The molecule has 4 amide bonds. The summed E-state index contributed by atoms with van der Waals surface area (Å²) >= 11 is 3.38. The van der Waals surface area contributed by atoms with Crippen molar-refractivity contribution in [1.82, 2.24) is 15.1 Å². The minimum atomic E-state index is -1.18. The minimum Gasteiger partial charge on any atom is -0.336 e. The van der Waals surface area contributed by atoms with Gasteiger partial charge in [-0.05, 0) is 52.3 Å². The number of rotatable bonds is 5. The summed E-state index contributed by atoms with van der Waals surface area (Å²) in [6.07, 6.45) is 0. The molecule has 0 aliphatic carbocycles. The molecule has 7 heteroatoms. The zero-order valence-corrected chi connectivity index (χ0v) is 16.8. The van der Waals surface area contributed by atoms with E-state index in [4.69, 9.17) is 0 Å². The van der Waals surface area contributed by atoms with Gasteiger partial charge in [0.25, 0.3) is 5.91 Å². The molecule has 0 aromatic heterocycles. The molecule has 1 saturated heterocycles. The highest BCUT2D eigenvalue weighted by atomic mass is 79.9. The highest BCUT2D eigenvalue weighted by molar-refractivity contribution is 9.10.